The van der Waals surface area contributed by atoms with Crippen molar-refractivity contribution in [3.05, 3.63) is 35.7 Å². The van der Waals surface area contributed by atoms with Crippen molar-refractivity contribution in [1.82, 2.24) is 0 Å². The van der Waals surface area contributed by atoms with Gasteiger partial charge in [0.25, 0.3) is 0 Å². The first-order valence-electron chi connectivity index (χ1n) is 7.04. The van der Waals surface area contributed by atoms with Crippen LogP contribution in [0.1, 0.15) is 18.4 Å². The highest BCUT2D eigenvalue weighted by Gasteiger charge is 2.21. The summed E-state index contributed by atoms with van der Waals surface area (Å²) < 4.78 is 19.4. The molecule has 0 bridgehead atoms. The molecule has 0 spiro atoms. The van der Waals surface area contributed by atoms with Crippen LogP contribution >= 0.6 is 0 Å². The molecule has 1 heterocycles. The number of nitrogens with zero attached hydrogens (tertiary/aromatic N) is 1. The summed E-state index contributed by atoms with van der Waals surface area (Å²) in [4.78, 5) is 12.5. The summed E-state index contributed by atoms with van der Waals surface area (Å²) in [6.07, 6.45) is 4.52. The number of hydrogen-bond donors (Lipinski definition) is 1. The van der Waals surface area contributed by atoms with Gasteiger partial charge in [-0.3, -0.25) is 0 Å². The molecular formula is C16H20FNO3. The second kappa shape index (κ2) is 7.22. The molecule has 0 radical (unpaired) electrons. The summed E-state index contributed by atoms with van der Waals surface area (Å²) in [5.41, 5.74) is 1.12. The van der Waals surface area contributed by atoms with Gasteiger partial charge < -0.3 is 14.7 Å². The average Bonchev–Trinajstić information content (AvgIpc) is 2.46. The Kier molecular flexibility index (Phi) is 5.33. The van der Waals surface area contributed by atoms with Crippen LogP contribution in [0, 0.1) is 11.7 Å². The van der Waals surface area contributed by atoms with Crippen molar-refractivity contribution in [3.8, 4) is 0 Å². The van der Waals surface area contributed by atoms with Crippen LogP contribution in [0.2, 0.25) is 0 Å². The number of rotatable bonds is 5. The van der Waals surface area contributed by atoms with Crippen molar-refractivity contribution in [2.24, 2.45) is 5.92 Å². The number of halogens is 1. The van der Waals surface area contributed by atoms with E-state index in [1.165, 1.54) is 12.1 Å². The number of benzene rings is 1. The van der Waals surface area contributed by atoms with Crippen LogP contribution in [-0.4, -0.2) is 37.9 Å². The van der Waals surface area contributed by atoms with Gasteiger partial charge in [0.15, 0.2) is 0 Å². The van der Waals surface area contributed by atoms with Gasteiger partial charge in [-0.2, -0.15) is 0 Å². The van der Waals surface area contributed by atoms with Crippen molar-refractivity contribution >= 4 is 17.7 Å². The predicted octanol–water partition coefficient (Wildman–Crippen LogP) is 2.79. The maximum atomic E-state index is 14.2. The number of anilines is 1. The molecule has 114 valence electrons. The van der Waals surface area contributed by atoms with Crippen LogP contribution in [0.4, 0.5) is 10.1 Å². The topological polar surface area (TPSA) is 49.8 Å². The SMILES string of the molecule is COCC1CCCN(c2ccc(/C=C/C(=O)O)cc2F)C1. The Labute approximate surface area is 123 Å². The summed E-state index contributed by atoms with van der Waals surface area (Å²) in [5.74, 6) is -0.937. The third-order valence-electron chi connectivity index (χ3n) is 3.65. The number of hydrogen-bond acceptors (Lipinski definition) is 3. The summed E-state index contributed by atoms with van der Waals surface area (Å²) in [6, 6.07) is 4.82. The number of carboxylic acids is 1. The highest BCUT2D eigenvalue weighted by atomic mass is 19.1. The van der Waals surface area contributed by atoms with E-state index in [4.69, 9.17) is 9.84 Å². The first kappa shape index (κ1) is 15.5. The summed E-state index contributed by atoms with van der Waals surface area (Å²) in [6.45, 7) is 2.31. The zero-order valence-electron chi connectivity index (χ0n) is 12.1. The van der Waals surface area contributed by atoms with Crippen LogP contribution in [0.25, 0.3) is 6.08 Å². The van der Waals surface area contributed by atoms with Crippen molar-refractivity contribution < 1.29 is 19.0 Å². The fourth-order valence-electron chi connectivity index (χ4n) is 2.71. The Balaban J connectivity index is 2.11. The minimum absolute atomic E-state index is 0.319. The minimum atomic E-state index is -1.04. The number of methoxy groups -OCH3 is 1. The Morgan fingerprint density at radius 2 is 2.38 bits per heavy atom. The first-order chi connectivity index (χ1) is 10.1. The Morgan fingerprint density at radius 1 is 1.57 bits per heavy atom. The van der Waals surface area contributed by atoms with Crippen molar-refractivity contribution in [3.63, 3.8) is 0 Å². The van der Waals surface area contributed by atoms with E-state index in [9.17, 15) is 9.18 Å². The van der Waals surface area contributed by atoms with Crippen LogP contribution in [-0.2, 0) is 9.53 Å². The minimum Gasteiger partial charge on any atom is -0.478 e. The van der Waals surface area contributed by atoms with E-state index in [1.54, 1.807) is 19.2 Å². The highest BCUT2D eigenvalue weighted by Crippen LogP contribution is 2.26. The van der Waals surface area contributed by atoms with E-state index in [0.717, 1.165) is 32.0 Å². The molecule has 0 amide bonds. The molecule has 21 heavy (non-hydrogen) atoms. The molecule has 1 aromatic carbocycles. The lowest BCUT2D eigenvalue weighted by Gasteiger charge is -2.34. The fraction of sp³-hybridized carbons (Fsp3) is 0.438. The molecule has 1 aromatic rings. The van der Waals surface area contributed by atoms with Gasteiger partial charge in [-0.15, -0.1) is 0 Å². The predicted molar refractivity (Wildman–Crippen MR) is 79.9 cm³/mol. The molecule has 4 nitrogen and oxygen atoms in total. The summed E-state index contributed by atoms with van der Waals surface area (Å²) in [5, 5.41) is 8.58. The van der Waals surface area contributed by atoms with Crippen LogP contribution in [0.3, 0.4) is 0 Å². The standard InChI is InChI=1S/C16H20FNO3/c1-21-11-13-3-2-8-18(10-13)15-6-4-12(9-14(15)17)5-7-16(19)20/h4-7,9,13H,2-3,8,10-11H2,1H3,(H,19,20)/b7-5+. The quantitative estimate of drug-likeness (QED) is 0.848. The molecule has 5 heteroatoms. The molecular weight excluding hydrogens is 273 g/mol. The molecule has 1 aliphatic rings. The lowest BCUT2D eigenvalue weighted by molar-refractivity contribution is -0.131. The lowest BCUT2D eigenvalue weighted by atomic mass is 9.98. The van der Waals surface area contributed by atoms with Gasteiger partial charge >= 0.3 is 5.97 Å². The number of carboxylic acid groups (broad SMARTS) is 1. The summed E-state index contributed by atoms with van der Waals surface area (Å²) in [7, 11) is 1.68. The van der Waals surface area contributed by atoms with Crippen molar-refractivity contribution in [2.75, 3.05) is 31.7 Å². The normalized spacial score (nSPS) is 19.1. The number of carbonyl (C=O) groups is 1. The van der Waals surface area contributed by atoms with Gasteiger partial charge in [0.2, 0.25) is 0 Å². The monoisotopic (exact) mass is 293 g/mol. The largest absolute Gasteiger partial charge is 0.478 e. The van der Waals surface area contributed by atoms with E-state index in [1.807, 2.05) is 4.90 Å². The molecule has 1 aliphatic heterocycles. The lowest BCUT2D eigenvalue weighted by Crippen LogP contribution is -2.37. The third-order valence-corrected chi connectivity index (χ3v) is 3.65. The molecule has 2 rings (SSSR count). The third kappa shape index (κ3) is 4.29. The van der Waals surface area contributed by atoms with Crippen LogP contribution < -0.4 is 4.90 Å². The Hall–Kier alpha value is -1.88. The number of aliphatic carboxylic acids is 1. The molecule has 0 aromatic heterocycles. The van der Waals surface area contributed by atoms with Gasteiger partial charge in [0, 0.05) is 26.3 Å². The van der Waals surface area contributed by atoms with E-state index >= 15 is 0 Å². The van der Waals surface area contributed by atoms with E-state index in [0.29, 0.717) is 23.8 Å². The number of ether oxygens (including phenoxy) is 1. The van der Waals surface area contributed by atoms with Gasteiger partial charge in [-0.05, 0) is 42.5 Å². The van der Waals surface area contributed by atoms with E-state index < -0.39 is 5.97 Å². The molecule has 1 N–H and O–H groups in total. The fourth-order valence-corrected chi connectivity index (χ4v) is 2.71. The number of piperidine rings is 1. The molecule has 1 atom stereocenters. The molecule has 0 aliphatic carbocycles. The van der Waals surface area contributed by atoms with Crippen LogP contribution in [0.15, 0.2) is 24.3 Å². The van der Waals surface area contributed by atoms with E-state index in [-0.39, 0.29) is 5.82 Å². The Morgan fingerprint density at radius 3 is 3.05 bits per heavy atom. The molecule has 1 fully saturated rings. The van der Waals surface area contributed by atoms with Gasteiger partial charge in [0.05, 0.1) is 12.3 Å². The molecule has 1 unspecified atom stereocenters. The molecule has 0 saturated carbocycles. The van der Waals surface area contributed by atoms with Crippen molar-refractivity contribution in [2.45, 2.75) is 12.8 Å². The molecule has 1 saturated heterocycles. The maximum Gasteiger partial charge on any atom is 0.328 e. The smallest absolute Gasteiger partial charge is 0.328 e. The zero-order valence-corrected chi connectivity index (χ0v) is 12.1. The van der Waals surface area contributed by atoms with Gasteiger partial charge in [-0.1, -0.05) is 6.07 Å². The summed E-state index contributed by atoms with van der Waals surface area (Å²) >= 11 is 0. The average molecular weight is 293 g/mol. The maximum absolute atomic E-state index is 14.2. The van der Waals surface area contributed by atoms with E-state index in [2.05, 4.69) is 0 Å². The second-order valence-electron chi connectivity index (χ2n) is 5.29. The van der Waals surface area contributed by atoms with Crippen LogP contribution in [0.5, 0.6) is 0 Å². The zero-order chi connectivity index (χ0) is 15.2. The van der Waals surface area contributed by atoms with Gasteiger partial charge in [0.1, 0.15) is 5.82 Å². The first-order valence-corrected chi connectivity index (χ1v) is 7.04. The Bertz CT molecular complexity index is 528. The van der Waals surface area contributed by atoms with Gasteiger partial charge in [-0.25, -0.2) is 9.18 Å². The second-order valence-corrected chi connectivity index (χ2v) is 5.29. The van der Waals surface area contributed by atoms with Crippen molar-refractivity contribution in [1.29, 1.82) is 0 Å². The highest BCUT2D eigenvalue weighted by molar-refractivity contribution is 5.85.